The number of aromatic nitrogens is 1. The number of nitrogen functional groups attached to an aromatic ring is 1. The maximum absolute atomic E-state index is 8.30. The first-order chi connectivity index (χ1) is 4.83. The highest BCUT2D eigenvalue weighted by Gasteiger charge is 1.90. The lowest BCUT2D eigenvalue weighted by atomic mass is 10.4. The van der Waals surface area contributed by atoms with Crippen molar-refractivity contribution in [1.82, 2.24) is 4.98 Å². The molecule has 0 spiro atoms. The maximum atomic E-state index is 8.30. The molecule has 0 aliphatic heterocycles. The smallest absolute Gasteiger partial charge is 0.215 e. The van der Waals surface area contributed by atoms with Gasteiger partial charge >= 0.3 is 0 Å². The number of aliphatic hydroxyl groups is 1. The second kappa shape index (κ2) is 3.03. The monoisotopic (exact) mass is 140 g/mol. The highest BCUT2D eigenvalue weighted by atomic mass is 16.6. The summed E-state index contributed by atoms with van der Waals surface area (Å²) in [5, 5.41) is 8.30. The molecule has 1 aromatic heterocycles. The van der Waals surface area contributed by atoms with E-state index < -0.39 is 0 Å². The van der Waals surface area contributed by atoms with Crippen LogP contribution in [0.1, 0.15) is 0 Å². The first-order valence-electron chi connectivity index (χ1n) is 2.78. The van der Waals surface area contributed by atoms with E-state index in [0.29, 0.717) is 11.6 Å². The number of nitrogens with two attached hydrogens (primary N) is 1. The van der Waals surface area contributed by atoms with Gasteiger partial charge in [0.1, 0.15) is 0 Å². The fourth-order valence-corrected chi connectivity index (χ4v) is 0.543. The summed E-state index contributed by atoms with van der Waals surface area (Å²) in [5.41, 5.74) is 5.92. The summed E-state index contributed by atoms with van der Waals surface area (Å²) in [5.74, 6) is 0.372. The molecule has 1 rings (SSSR count). The lowest BCUT2D eigenvalue weighted by molar-refractivity contribution is 0.0941. The van der Waals surface area contributed by atoms with E-state index >= 15 is 0 Å². The quantitative estimate of drug-likeness (QED) is 0.567. The number of hydrogen-bond donors (Lipinski definition) is 2. The summed E-state index contributed by atoms with van der Waals surface area (Å²) in [6.07, 6.45) is 1.46. The molecule has 0 fully saturated rings. The van der Waals surface area contributed by atoms with Crippen molar-refractivity contribution < 1.29 is 9.84 Å². The number of pyridine rings is 1. The molecule has 0 unspecified atom stereocenters. The average molecular weight is 140 g/mol. The molecule has 0 saturated heterocycles. The van der Waals surface area contributed by atoms with Crippen LogP contribution in [0.2, 0.25) is 0 Å². The fraction of sp³-hybridized carbons (Fsp3) is 0.167. The Morgan fingerprint density at radius 3 is 2.90 bits per heavy atom. The van der Waals surface area contributed by atoms with Crippen LogP contribution in [-0.4, -0.2) is 16.9 Å². The largest absolute Gasteiger partial charge is 0.451 e. The third-order valence-corrected chi connectivity index (χ3v) is 0.972. The Kier molecular flexibility index (Phi) is 2.07. The SMILES string of the molecule is Nc1ccc(OCO)nc1. The van der Waals surface area contributed by atoms with Crippen LogP contribution < -0.4 is 10.5 Å². The molecule has 0 aliphatic carbocycles. The van der Waals surface area contributed by atoms with E-state index in [9.17, 15) is 0 Å². The molecule has 1 aromatic rings. The van der Waals surface area contributed by atoms with Crippen LogP contribution >= 0.6 is 0 Å². The zero-order chi connectivity index (χ0) is 7.40. The molecular formula is C6H8N2O2. The Labute approximate surface area is 58.3 Å². The Hall–Kier alpha value is -1.29. The molecule has 54 valence electrons. The van der Waals surface area contributed by atoms with Gasteiger partial charge in [0.2, 0.25) is 5.88 Å². The minimum atomic E-state index is -0.364. The second-order valence-corrected chi connectivity index (χ2v) is 1.70. The van der Waals surface area contributed by atoms with Crippen LogP contribution in [0.25, 0.3) is 0 Å². The highest BCUT2D eigenvalue weighted by Crippen LogP contribution is 2.07. The van der Waals surface area contributed by atoms with Crippen molar-refractivity contribution in [1.29, 1.82) is 0 Å². The van der Waals surface area contributed by atoms with Crippen molar-refractivity contribution in [3.8, 4) is 5.88 Å². The molecule has 0 radical (unpaired) electrons. The van der Waals surface area contributed by atoms with Crippen LogP contribution in [0.3, 0.4) is 0 Å². The molecular weight excluding hydrogens is 132 g/mol. The second-order valence-electron chi connectivity index (χ2n) is 1.70. The lowest BCUT2D eigenvalue weighted by Crippen LogP contribution is -1.96. The topological polar surface area (TPSA) is 68.4 Å². The van der Waals surface area contributed by atoms with E-state index in [2.05, 4.69) is 9.72 Å². The normalized spacial score (nSPS) is 9.30. The summed E-state index contributed by atoms with van der Waals surface area (Å²) >= 11 is 0. The van der Waals surface area contributed by atoms with Gasteiger partial charge < -0.3 is 15.6 Å². The van der Waals surface area contributed by atoms with E-state index in [1.54, 1.807) is 12.1 Å². The van der Waals surface area contributed by atoms with Gasteiger partial charge in [0.15, 0.2) is 6.79 Å². The van der Waals surface area contributed by atoms with Crippen LogP contribution in [0.4, 0.5) is 5.69 Å². The lowest BCUT2D eigenvalue weighted by Gasteiger charge is -1.98. The van der Waals surface area contributed by atoms with Crippen molar-refractivity contribution in [2.24, 2.45) is 0 Å². The van der Waals surface area contributed by atoms with Gasteiger partial charge in [0.25, 0.3) is 0 Å². The predicted octanol–water partition coefficient (Wildman–Crippen LogP) is -0.00760. The molecule has 4 nitrogen and oxygen atoms in total. The third kappa shape index (κ3) is 1.60. The number of hydrogen-bond acceptors (Lipinski definition) is 4. The van der Waals surface area contributed by atoms with Gasteiger partial charge in [-0.1, -0.05) is 0 Å². The molecule has 0 saturated carbocycles. The zero-order valence-corrected chi connectivity index (χ0v) is 5.32. The van der Waals surface area contributed by atoms with Gasteiger partial charge in [-0.05, 0) is 6.07 Å². The summed E-state index contributed by atoms with van der Waals surface area (Å²) in [6.45, 7) is -0.364. The molecule has 0 aliphatic rings. The summed E-state index contributed by atoms with van der Waals surface area (Å²) in [7, 11) is 0. The van der Waals surface area contributed by atoms with Gasteiger partial charge in [0, 0.05) is 6.07 Å². The van der Waals surface area contributed by atoms with Gasteiger partial charge in [-0.25, -0.2) is 4.98 Å². The van der Waals surface area contributed by atoms with Gasteiger partial charge in [-0.2, -0.15) is 0 Å². The van der Waals surface area contributed by atoms with Crippen LogP contribution in [0.5, 0.6) is 5.88 Å². The molecule has 10 heavy (non-hydrogen) atoms. The minimum Gasteiger partial charge on any atom is -0.451 e. The molecule has 1 heterocycles. The molecule has 3 N–H and O–H groups in total. The Morgan fingerprint density at radius 1 is 1.60 bits per heavy atom. The van der Waals surface area contributed by atoms with Crippen molar-refractivity contribution >= 4 is 5.69 Å². The number of nitrogens with zero attached hydrogens (tertiary/aromatic N) is 1. The molecule has 0 aromatic carbocycles. The third-order valence-electron chi connectivity index (χ3n) is 0.972. The van der Waals surface area contributed by atoms with Crippen LogP contribution in [0.15, 0.2) is 18.3 Å². The van der Waals surface area contributed by atoms with E-state index in [1.807, 2.05) is 0 Å². The number of anilines is 1. The highest BCUT2D eigenvalue weighted by molar-refractivity contribution is 5.35. The molecule has 0 amide bonds. The zero-order valence-electron chi connectivity index (χ0n) is 5.32. The fourth-order valence-electron chi connectivity index (χ4n) is 0.543. The first kappa shape index (κ1) is 6.82. The number of aliphatic hydroxyl groups excluding tert-OH is 1. The van der Waals surface area contributed by atoms with E-state index in [1.165, 1.54) is 6.20 Å². The first-order valence-corrected chi connectivity index (χ1v) is 2.78. The Balaban J connectivity index is 2.69. The summed E-state index contributed by atoms with van der Waals surface area (Å²) in [4.78, 5) is 3.76. The minimum absolute atomic E-state index is 0.364. The van der Waals surface area contributed by atoms with E-state index in [0.717, 1.165) is 0 Å². The van der Waals surface area contributed by atoms with Crippen molar-refractivity contribution in [3.63, 3.8) is 0 Å². The molecule has 0 bridgehead atoms. The van der Waals surface area contributed by atoms with Crippen molar-refractivity contribution in [2.75, 3.05) is 12.5 Å². The average Bonchev–Trinajstić information content (AvgIpc) is 1.95. The maximum Gasteiger partial charge on any atom is 0.215 e. The van der Waals surface area contributed by atoms with Crippen molar-refractivity contribution in [2.45, 2.75) is 0 Å². The van der Waals surface area contributed by atoms with E-state index in [-0.39, 0.29) is 6.79 Å². The number of ether oxygens (including phenoxy) is 1. The molecule has 4 heteroatoms. The Morgan fingerprint density at radius 2 is 2.40 bits per heavy atom. The Bertz CT molecular complexity index is 197. The van der Waals surface area contributed by atoms with Gasteiger partial charge in [-0.3, -0.25) is 0 Å². The standard InChI is InChI=1S/C6H8N2O2/c7-5-1-2-6(8-3-5)10-4-9/h1-3,9H,4,7H2. The van der Waals surface area contributed by atoms with Crippen molar-refractivity contribution in [3.05, 3.63) is 18.3 Å². The van der Waals surface area contributed by atoms with Crippen LogP contribution in [0, 0.1) is 0 Å². The molecule has 0 atom stereocenters. The number of rotatable bonds is 2. The van der Waals surface area contributed by atoms with Gasteiger partial charge in [-0.15, -0.1) is 0 Å². The summed E-state index contributed by atoms with van der Waals surface area (Å²) < 4.78 is 4.65. The van der Waals surface area contributed by atoms with Gasteiger partial charge in [0.05, 0.1) is 11.9 Å². The van der Waals surface area contributed by atoms with E-state index in [4.69, 9.17) is 10.8 Å². The summed E-state index contributed by atoms with van der Waals surface area (Å²) in [6, 6.07) is 3.24. The predicted molar refractivity (Wildman–Crippen MR) is 36.4 cm³/mol. The van der Waals surface area contributed by atoms with Crippen LogP contribution in [-0.2, 0) is 0 Å².